The average Bonchev–Trinajstić information content (AvgIpc) is 2.98. The molecule has 0 saturated heterocycles. The number of rotatable bonds is 6. The molecule has 212 valence electrons. The van der Waals surface area contributed by atoms with Crippen molar-refractivity contribution >= 4 is 16.9 Å². The van der Waals surface area contributed by atoms with E-state index in [9.17, 15) is 30.0 Å². The van der Waals surface area contributed by atoms with Gasteiger partial charge in [0.15, 0.2) is 28.8 Å². The van der Waals surface area contributed by atoms with Crippen LogP contribution in [0.4, 0.5) is 0 Å². The molecule has 1 aliphatic heterocycles. The van der Waals surface area contributed by atoms with E-state index in [1.807, 2.05) is 30.3 Å². The maximum atomic E-state index is 13.3. The number of fused-ring (bicyclic) bond motifs is 3. The summed E-state index contributed by atoms with van der Waals surface area (Å²) in [5.41, 5.74) is 0.884. The molecule has 0 fully saturated rings. The number of methoxy groups -OCH3 is 1. The molecule has 1 aromatic heterocycles. The van der Waals surface area contributed by atoms with Crippen LogP contribution in [0.5, 0.6) is 40.2 Å². The van der Waals surface area contributed by atoms with E-state index in [2.05, 4.69) is 0 Å². The van der Waals surface area contributed by atoms with Crippen molar-refractivity contribution in [2.24, 2.45) is 0 Å². The quantitative estimate of drug-likeness (QED) is 0.120. The maximum Gasteiger partial charge on any atom is 0.312 e. The smallest absolute Gasteiger partial charge is 0.312 e. The van der Waals surface area contributed by atoms with E-state index in [4.69, 9.17) is 18.6 Å². The molecule has 0 saturated carbocycles. The van der Waals surface area contributed by atoms with Gasteiger partial charge in [-0.3, -0.25) is 9.59 Å². The molecule has 10 nitrogen and oxygen atoms in total. The van der Waals surface area contributed by atoms with Crippen LogP contribution >= 0.6 is 0 Å². The Hall–Kier alpha value is -5.64. The lowest BCUT2D eigenvalue weighted by Crippen LogP contribution is -2.22. The minimum atomic E-state index is -0.934. The summed E-state index contributed by atoms with van der Waals surface area (Å²) in [6.45, 7) is 0.262. The van der Waals surface area contributed by atoms with Crippen LogP contribution in [0.2, 0.25) is 0 Å². The summed E-state index contributed by atoms with van der Waals surface area (Å²) in [5, 5.41) is 40.9. The fraction of sp³-hybridized carbons (Fsp3) is 0.125. The molecule has 0 unspecified atom stereocenters. The Morgan fingerprint density at radius 3 is 2.38 bits per heavy atom. The topological polar surface area (TPSA) is 156 Å². The van der Waals surface area contributed by atoms with Gasteiger partial charge in [-0.2, -0.15) is 0 Å². The van der Waals surface area contributed by atoms with E-state index in [0.29, 0.717) is 22.6 Å². The van der Waals surface area contributed by atoms with Crippen molar-refractivity contribution in [3.05, 3.63) is 99.7 Å². The highest BCUT2D eigenvalue weighted by Crippen LogP contribution is 2.48. The van der Waals surface area contributed by atoms with E-state index in [-0.39, 0.29) is 41.1 Å². The Kier molecular flexibility index (Phi) is 6.58. The summed E-state index contributed by atoms with van der Waals surface area (Å²) in [7, 11) is 1.51. The van der Waals surface area contributed by atoms with E-state index < -0.39 is 40.3 Å². The Bertz CT molecular complexity index is 1910. The summed E-state index contributed by atoms with van der Waals surface area (Å²) in [4.78, 5) is 26.0. The Balaban J connectivity index is 1.53. The second-order valence-electron chi connectivity index (χ2n) is 9.74. The van der Waals surface area contributed by atoms with Crippen LogP contribution in [0.1, 0.15) is 29.0 Å². The third-order valence-corrected chi connectivity index (χ3v) is 7.13. The number of phenolic OH excluding ortho intramolecular Hbond substituents is 3. The lowest BCUT2D eigenvalue weighted by atomic mass is 9.85. The normalized spacial score (nSPS) is 14.3. The van der Waals surface area contributed by atoms with Gasteiger partial charge in [0, 0.05) is 23.1 Å². The highest BCUT2D eigenvalue weighted by atomic mass is 16.5. The van der Waals surface area contributed by atoms with Gasteiger partial charge in [-0.1, -0.05) is 36.4 Å². The van der Waals surface area contributed by atoms with Gasteiger partial charge in [0.1, 0.15) is 29.1 Å². The third kappa shape index (κ3) is 4.58. The predicted molar refractivity (Wildman–Crippen MR) is 150 cm³/mol. The number of esters is 1. The fourth-order valence-electron chi connectivity index (χ4n) is 5.08. The molecule has 5 aromatic rings. The Labute approximate surface area is 238 Å². The first-order valence-electron chi connectivity index (χ1n) is 12.9. The second kappa shape index (κ2) is 10.4. The molecule has 0 radical (unpaired) electrons. The third-order valence-electron chi connectivity index (χ3n) is 7.13. The van der Waals surface area contributed by atoms with Crippen LogP contribution in [-0.2, 0) is 11.4 Å². The molecule has 2 heterocycles. The molecule has 10 heteroatoms. The van der Waals surface area contributed by atoms with Crippen LogP contribution in [0.15, 0.2) is 82.0 Å². The minimum absolute atomic E-state index is 0.0165. The van der Waals surface area contributed by atoms with Crippen LogP contribution < -0.4 is 19.6 Å². The standard InChI is InChI=1S/C32H24O10/c1-39-23-10-8-17(12-24(23)40-15-16-5-3-2-4-6-16)19-13-26(36)41-25-14-22(35)28-29(37)30(38)31(42-32(28)27(19)25)18-7-9-20(33)21(34)11-18/h2-12,14,19,33-35,38H,13,15H2,1H3/t19-/m0/s1. The fourth-order valence-corrected chi connectivity index (χ4v) is 5.08. The number of hydrogen-bond acceptors (Lipinski definition) is 10. The van der Waals surface area contributed by atoms with Crippen molar-refractivity contribution in [3.63, 3.8) is 0 Å². The molecule has 0 bridgehead atoms. The molecule has 6 rings (SSSR count). The minimum Gasteiger partial charge on any atom is -0.507 e. The van der Waals surface area contributed by atoms with Gasteiger partial charge in [0.25, 0.3) is 0 Å². The zero-order valence-corrected chi connectivity index (χ0v) is 22.2. The zero-order valence-electron chi connectivity index (χ0n) is 22.2. The monoisotopic (exact) mass is 568 g/mol. The van der Waals surface area contributed by atoms with Gasteiger partial charge in [-0.05, 0) is 41.5 Å². The van der Waals surface area contributed by atoms with E-state index in [1.54, 1.807) is 18.2 Å². The first kappa shape index (κ1) is 26.6. The molecule has 0 aliphatic carbocycles. The Morgan fingerprint density at radius 1 is 0.857 bits per heavy atom. The summed E-state index contributed by atoms with van der Waals surface area (Å²) in [6.07, 6.45) is -0.128. The van der Waals surface area contributed by atoms with Gasteiger partial charge in [-0.15, -0.1) is 0 Å². The van der Waals surface area contributed by atoms with Crippen molar-refractivity contribution in [3.8, 4) is 51.6 Å². The lowest BCUT2D eigenvalue weighted by Gasteiger charge is -2.26. The van der Waals surface area contributed by atoms with Crippen LogP contribution in [0.3, 0.4) is 0 Å². The number of hydrogen-bond donors (Lipinski definition) is 4. The molecule has 1 atom stereocenters. The van der Waals surface area contributed by atoms with Gasteiger partial charge in [0.2, 0.25) is 11.2 Å². The van der Waals surface area contributed by atoms with Crippen molar-refractivity contribution in [1.29, 1.82) is 0 Å². The number of aromatic hydroxyl groups is 4. The van der Waals surface area contributed by atoms with Gasteiger partial charge in [0.05, 0.1) is 13.5 Å². The molecule has 1 aliphatic rings. The average molecular weight is 569 g/mol. The van der Waals surface area contributed by atoms with Crippen LogP contribution in [0.25, 0.3) is 22.3 Å². The number of carbonyl (C=O) groups is 1. The van der Waals surface area contributed by atoms with Crippen molar-refractivity contribution < 1.29 is 43.8 Å². The van der Waals surface area contributed by atoms with Crippen molar-refractivity contribution in [1.82, 2.24) is 0 Å². The zero-order chi connectivity index (χ0) is 29.5. The molecule has 4 N–H and O–H groups in total. The molecule has 4 aromatic carbocycles. The summed E-state index contributed by atoms with van der Waals surface area (Å²) in [6, 6.07) is 19.5. The molecule has 42 heavy (non-hydrogen) atoms. The van der Waals surface area contributed by atoms with E-state index in [1.165, 1.54) is 19.2 Å². The van der Waals surface area contributed by atoms with E-state index in [0.717, 1.165) is 17.7 Å². The maximum absolute atomic E-state index is 13.3. The number of benzene rings is 4. The largest absolute Gasteiger partial charge is 0.507 e. The van der Waals surface area contributed by atoms with Gasteiger partial charge < -0.3 is 39.1 Å². The number of ether oxygens (including phenoxy) is 3. The van der Waals surface area contributed by atoms with Gasteiger partial charge in [-0.25, -0.2) is 0 Å². The second-order valence-corrected chi connectivity index (χ2v) is 9.74. The number of phenols is 3. The molecule has 0 amide bonds. The molecular formula is C32H24O10. The molecular weight excluding hydrogens is 544 g/mol. The SMILES string of the molecule is COc1ccc([C@@H]2CC(=O)Oc3cc(O)c4c(=O)c(O)c(-c5ccc(O)c(O)c5)oc4c32)cc1OCc1ccccc1. The summed E-state index contributed by atoms with van der Waals surface area (Å²) in [5.74, 6) is -2.99. The van der Waals surface area contributed by atoms with Crippen LogP contribution in [0, 0.1) is 0 Å². The van der Waals surface area contributed by atoms with Crippen LogP contribution in [-0.4, -0.2) is 33.5 Å². The lowest BCUT2D eigenvalue weighted by molar-refractivity contribution is -0.135. The highest BCUT2D eigenvalue weighted by molar-refractivity contribution is 5.94. The Morgan fingerprint density at radius 2 is 1.64 bits per heavy atom. The first-order valence-corrected chi connectivity index (χ1v) is 12.9. The number of carbonyl (C=O) groups excluding carboxylic acids is 1. The van der Waals surface area contributed by atoms with E-state index >= 15 is 0 Å². The summed E-state index contributed by atoms with van der Waals surface area (Å²) < 4.78 is 23.1. The van der Waals surface area contributed by atoms with Gasteiger partial charge >= 0.3 is 5.97 Å². The van der Waals surface area contributed by atoms with Crippen molar-refractivity contribution in [2.75, 3.05) is 7.11 Å². The van der Waals surface area contributed by atoms with Crippen molar-refractivity contribution in [2.45, 2.75) is 18.9 Å². The first-order chi connectivity index (χ1) is 20.2. The summed E-state index contributed by atoms with van der Waals surface area (Å²) >= 11 is 0. The predicted octanol–water partition coefficient (Wildman–Crippen LogP) is 5.31. The highest BCUT2D eigenvalue weighted by Gasteiger charge is 2.35. The molecule has 0 spiro atoms.